The Morgan fingerprint density at radius 1 is 0.750 bits per heavy atom. The van der Waals surface area contributed by atoms with Crippen molar-refractivity contribution in [2.24, 2.45) is 0 Å². The topological polar surface area (TPSA) is 66.0 Å². The summed E-state index contributed by atoms with van der Waals surface area (Å²) < 4.78 is 24.8. The second-order valence-electron chi connectivity index (χ2n) is 8.65. The summed E-state index contributed by atoms with van der Waals surface area (Å²) in [4.78, 5) is 13.1. The molecule has 32 heavy (non-hydrogen) atoms. The van der Waals surface area contributed by atoms with Crippen molar-refractivity contribution in [2.75, 3.05) is 38.3 Å². The first-order chi connectivity index (χ1) is 15.3. The zero-order valence-corrected chi connectivity index (χ0v) is 24.2. The number of nitrogens with one attached hydrogen (secondary N) is 1. The summed E-state index contributed by atoms with van der Waals surface area (Å²) in [6.07, 6.45) is 9.86. The fourth-order valence-electron chi connectivity index (χ4n) is 4.26. The zero-order valence-electron chi connectivity index (χ0n) is 22.3. The molecule has 0 bridgehead atoms. The number of hydrogen-bond acceptors (Lipinski definition) is 5. The molecular weight excluding hydrogens is 441 g/mol. The van der Waals surface area contributed by atoms with E-state index < -0.39 is 16.1 Å². The summed E-state index contributed by atoms with van der Waals surface area (Å²) in [7, 11) is -4.45. The summed E-state index contributed by atoms with van der Waals surface area (Å²) in [5.74, 6) is -0.0411. The normalized spacial score (nSPS) is 14.2. The molecule has 0 radical (unpaired) electrons. The van der Waals surface area contributed by atoms with Gasteiger partial charge in [0, 0.05) is 26.7 Å². The predicted octanol–water partition coefficient (Wildman–Crippen LogP) is 6.84. The highest BCUT2D eigenvalue weighted by Gasteiger charge is 2.51. The largest absolute Gasteiger partial charge is 0.524 e. The molecule has 0 saturated carbocycles. The Balaban J connectivity index is 5.59. The van der Waals surface area contributed by atoms with Gasteiger partial charge in [-0.05, 0) is 44.9 Å². The molecule has 2 atom stereocenters. The SMILES string of the molecule is CCCO[Si](OCCC)(OCCC)C(CC)NC(=O)OC(C)[P+](CCC)(CCC)CCC. The molecular formula is C24H53NO5PSi+. The first kappa shape index (κ1) is 31.8. The average molecular weight is 495 g/mol. The van der Waals surface area contributed by atoms with E-state index in [-0.39, 0.29) is 17.6 Å². The molecule has 2 unspecified atom stereocenters. The van der Waals surface area contributed by atoms with Crippen LogP contribution in [0.2, 0.25) is 0 Å². The van der Waals surface area contributed by atoms with Gasteiger partial charge in [0.1, 0.15) is 5.67 Å². The second kappa shape index (κ2) is 18.2. The van der Waals surface area contributed by atoms with Crippen LogP contribution in [0.25, 0.3) is 0 Å². The molecule has 0 aromatic rings. The summed E-state index contributed by atoms with van der Waals surface area (Å²) in [5.41, 5.74) is -0.317. The van der Waals surface area contributed by atoms with E-state index in [1.807, 2.05) is 6.92 Å². The summed E-state index contributed by atoms with van der Waals surface area (Å²) in [5, 5.41) is 3.11. The van der Waals surface area contributed by atoms with Gasteiger partial charge in [-0.25, -0.2) is 4.79 Å². The minimum atomic E-state index is -3.10. The number of carbonyl (C=O) groups excluding carboxylic acids is 1. The smallest absolute Gasteiger partial charge is 0.412 e. The van der Waals surface area contributed by atoms with Crippen molar-refractivity contribution in [1.29, 1.82) is 0 Å². The van der Waals surface area contributed by atoms with Gasteiger partial charge in [-0.2, -0.15) is 0 Å². The number of ether oxygens (including phenoxy) is 1. The lowest BCUT2D eigenvalue weighted by atomic mass is 10.5. The maximum absolute atomic E-state index is 13.1. The Morgan fingerprint density at radius 3 is 1.47 bits per heavy atom. The van der Waals surface area contributed by atoms with Gasteiger partial charge in [-0.3, -0.25) is 0 Å². The standard InChI is InChI=1S/C24H52NO5PSi/c1-9-16-27-32(28-17-10-2,29-18-11-3)23(15-7)25-24(26)30-22(8)31(19-12-4,20-13-5)21-14-6/h22-23H,9-21H2,1-8H3/p+1. The van der Waals surface area contributed by atoms with Crippen LogP contribution in [0.1, 0.15) is 100 Å². The van der Waals surface area contributed by atoms with Gasteiger partial charge in [0.05, 0.1) is 25.7 Å². The summed E-state index contributed by atoms with van der Waals surface area (Å²) in [6, 6.07) is 0. The molecule has 192 valence electrons. The first-order valence-corrected chi connectivity index (χ1v) is 17.3. The number of amides is 1. The van der Waals surface area contributed by atoms with Gasteiger partial charge in [0.2, 0.25) is 5.85 Å². The van der Waals surface area contributed by atoms with Gasteiger partial charge in [0.25, 0.3) is 0 Å². The monoisotopic (exact) mass is 494 g/mol. The molecule has 1 amide bonds. The number of rotatable bonds is 20. The van der Waals surface area contributed by atoms with Gasteiger partial charge in [-0.1, -0.05) is 48.5 Å². The van der Waals surface area contributed by atoms with E-state index in [1.165, 1.54) is 18.5 Å². The Kier molecular flexibility index (Phi) is 18.1. The molecule has 0 aliphatic rings. The maximum Gasteiger partial charge on any atom is 0.524 e. The van der Waals surface area contributed by atoms with Crippen molar-refractivity contribution in [1.82, 2.24) is 5.32 Å². The third-order valence-electron chi connectivity index (χ3n) is 5.70. The van der Waals surface area contributed by atoms with Gasteiger partial charge < -0.3 is 23.3 Å². The van der Waals surface area contributed by atoms with Crippen LogP contribution in [-0.2, 0) is 18.0 Å². The number of hydrogen-bond donors (Lipinski definition) is 1. The van der Waals surface area contributed by atoms with Gasteiger partial charge >= 0.3 is 14.9 Å². The van der Waals surface area contributed by atoms with Gasteiger partial charge in [0.15, 0.2) is 0 Å². The molecule has 0 fully saturated rings. The van der Waals surface area contributed by atoms with Crippen LogP contribution in [0.4, 0.5) is 4.79 Å². The van der Waals surface area contributed by atoms with Crippen LogP contribution < -0.4 is 5.32 Å². The first-order valence-electron chi connectivity index (χ1n) is 13.1. The molecule has 0 spiro atoms. The molecule has 0 rings (SSSR count). The molecule has 0 aromatic carbocycles. The van der Waals surface area contributed by atoms with Crippen LogP contribution in [0.3, 0.4) is 0 Å². The molecule has 0 saturated heterocycles. The predicted molar refractivity (Wildman–Crippen MR) is 140 cm³/mol. The summed E-state index contributed by atoms with van der Waals surface area (Å²) in [6.45, 7) is 18.7. The van der Waals surface area contributed by atoms with Crippen molar-refractivity contribution in [2.45, 2.75) is 112 Å². The molecule has 1 N–H and O–H groups in total. The van der Waals surface area contributed by atoms with Crippen LogP contribution in [-0.4, -0.2) is 64.7 Å². The third kappa shape index (κ3) is 10.4. The molecule has 6 nitrogen and oxygen atoms in total. The maximum atomic E-state index is 13.1. The minimum Gasteiger partial charge on any atom is -0.412 e. The van der Waals surface area contributed by atoms with Crippen molar-refractivity contribution in [3.8, 4) is 0 Å². The van der Waals surface area contributed by atoms with E-state index in [0.29, 0.717) is 26.2 Å². The van der Waals surface area contributed by atoms with E-state index >= 15 is 0 Å². The van der Waals surface area contributed by atoms with Crippen LogP contribution in [0.15, 0.2) is 0 Å². The van der Waals surface area contributed by atoms with Crippen molar-refractivity contribution >= 4 is 22.2 Å². The quantitative estimate of drug-likeness (QED) is 0.148. The highest BCUT2D eigenvalue weighted by molar-refractivity contribution is 7.76. The van der Waals surface area contributed by atoms with Crippen molar-refractivity contribution in [3.63, 3.8) is 0 Å². The minimum absolute atomic E-state index is 0.0411. The molecule has 0 heterocycles. The highest BCUT2D eigenvalue weighted by Crippen LogP contribution is 2.64. The lowest BCUT2D eigenvalue weighted by Gasteiger charge is -2.36. The van der Waals surface area contributed by atoms with Crippen LogP contribution >= 0.6 is 7.26 Å². The van der Waals surface area contributed by atoms with E-state index in [0.717, 1.165) is 38.5 Å². The Bertz CT molecular complexity index is 445. The highest BCUT2D eigenvalue weighted by atomic mass is 31.2. The molecule has 8 heteroatoms. The van der Waals surface area contributed by atoms with E-state index in [2.05, 4.69) is 53.8 Å². The average Bonchev–Trinajstić information content (AvgIpc) is 2.77. The zero-order chi connectivity index (χ0) is 24.5. The lowest BCUT2D eigenvalue weighted by molar-refractivity contribution is 0.0443. The van der Waals surface area contributed by atoms with E-state index in [4.69, 9.17) is 18.0 Å². The van der Waals surface area contributed by atoms with E-state index in [1.54, 1.807) is 0 Å². The van der Waals surface area contributed by atoms with Crippen molar-refractivity contribution in [3.05, 3.63) is 0 Å². The lowest BCUT2D eigenvalue weighted by Crippen LogP contribution is -2.63. The van der Waals surface area contributed by atoms with Crippen LogP contribution in [0.5, 0.6) is 0 Å². The Labute approximate surface area is 200 Å². The molecule has 0 aliphatic heterocycles. The molecule has 0 aliphatic carbocycles. The number of carbonyl (C=O) groups is 1. The Hall–Kier alpha value is -0.203. The fourth-order valence-corrected chi connectivity index (χ4v) is 12.1. The fraction of sp³-hybridized carbons (Fsp3) is 0.958. The summed E-state index contributed by atoms with van der Waals surface area (Å²) >= 11 is 0. The van der Waals surface area contributed by atoms with E-state index in [9.17, 15) is 4.79 Å². The number of alkyl carbamates (subject to hydrolysis) is 1. The molecule has 0 aromatic heterocycles. The van der Waals surface area contributed by atoms with Crippen LogP contribution in [0, 0.1) is 0 Å². The van der Waals surface area contributed by atoms with Gasteiger partial charge in [-0.15, -0.1) is 0 Å². The Morgan fingerprint density at radius 2 is 1.16 bits per heavy atom. The van der Waals surface area contributed by atoms with Crippen molar-refractivity contribution < 1.29 is 22.8 Å². The third-order valence-corrected chi connectivity index (χ3v) is 14.6. The second-order valence-corrected chi connectivity index (χ2v) is 15.9.